The molecule has 1 N–H and O–H groups in total. The molecule has 0 atom stereocenters. The molecule has 0 aromatic carbocycles. The molecule has 4 nitrogen and oxygen atoms in total. The van der Waals surface area contributed by atoms with Crippen LogP contribution in [0.4, 0.5) is 0 Å². The fourth-order valence-electron chi connectivity index (χ4n) is 2.08. The van der Waals surface area contributed by atoms with Crippen LogP contribution in [0.5, 0.6) is 0 Å². The number of aryl methyl sites for hydroxylation is 1. The maximum absolute atomic E-state index is 12.1. The van der Waals surface area contributed by atoms with Gasteiger partial charge in [0.25, 0.3) is 5.91 Å². The van der Waals surface area contributed by atoms with Crippen LogP contribution < -0.4 is 5.32 Å². The number of hydrogen-bond acceptors (Lipinski definition) is 2. The van der Waals surface area contributed by atoms with Crippen molar-refractivity contribution in [2.24, 2.45) is 13.0 Å². The third-order valence-corrected chi connectivity index (χ3v) is 4.03. The van der Waals surface area contributed by atoms with Gasteiger partial charge in [-0.2, -0.15) is 0 Å². The van der Waals surface area contributed by atoms with Gasteiger partial charge in [-0.05, 0) is 40.8 Å². The number of nitrogens with zero attached hydrogens (tertiary/aromatic N) is 2. The summed E-state index contributed by atoms with van der Waals surface area (Å²) in [5, 5.41) is 4.00. The third kappa shape index (κ3) is 2.03. The SMILES string of the molecule is Cn1c(C(=O)NCC2CC2)cc2c(Br)cncc21. The second kappa shape index (κ2) is 4.39. The lowest BCUT2D eigenvalue weighted by Gasteiger charge is -2.05. The summed E-state index contributed by atoms with van der Waals surface area (Å²) in [4.78, 5) is 16.2. The number of carbonyl (C=O) groups is 1. The highest BCUT2D eigenvalue weighted by molar-refractivity contribution is 9.10. The summed E-state index contributed by atoms with van der Waals surface area (Å²) in [6.45, 7) is 0.791. The molecular weight excluding hydrogens is 294 g/mol. The van der Waals surface area contributed by atoms with Crippen molar-refractivity contribution in [3.63, 3.8) is 0 Å². The third-order valence-electron chi connectivity index (χ3n) is 3.40. The second-order valence-electron chi connectivity index (χ2n) is 4.80. The van der Waals surface area contributed by atoms with Crippen molar-refractivity contribution in [2.45, 2.75) is 12.8 Å². The molecule has 1 aliphatic carbocycles. The minimum Gasteiger partial charge on any atom is -0.350 e. The van der Waals surface area contributed by atoms with Crippen LogP contribution in [0.3, 0.4) is 0 Å². The van der Waals surface area contributed by atoms with Gasteiger partial charge in [0, 0.05) is 29.6 Å². The Morgan fingerprint density at radius 1 is 1.56 bits per heavy atom. The van der Waals surface area contributed by atoms with E-state index in [1.54, 1.807) is 12.4 Å². The Morgan fingerprint density at radius 2 is 2.33 bits per heavy atom. The lowest BCUT2D eigenvalue weighted by atomic mass is 10.3. The number of aromatic nitrogens is 2. The maximum Gasteiger partial charge on any atom is 0.267 e. The zero-order chi connectivity index (χ0) is 12.7. The number of halogens is 1. The summed E-state index contributed by atoms with van der Waals surface area (Å²) in [5.41, 5.74) is 1.64. The smallest absolute Gasteiger partial charge is 0.267 e. The van der Waals surface area contributed by atoms with E-state index in [1.807, 2.05) is 17.7 Å². The van der Waals surface area contributed by atoms with Crippen LogP contribution >= 0.6 is 15.9 Å². The number of rotatable bonds is 3. The Hall–Kier alpha value is -1.36. The Labute approximate surface area is 114 Å². The van der Waals surface area contributed by atoms with Crippen LogP contribution in [-0.2, 0) is 7.05 Å². The molecule has 18 heavy (non-hydrogen) atoms. The number of nitrogens with one attached hydrogen (secondary N) is 1. The molecule has 2 aromatic rings. The molecule has 0 saturated heterocycles. The van der Waals surface area contributed by atoms with Crippen molar-refractivity contribution in [3.05, 3.63) is 28.6 Å². The van der Waals surface area contributed by atoms with E-state index >= 15 is 0 Å². The predicted octanol–water partition coefficient (Wildman–Crippen LogP) is 2.48. The largest absolute Gasteiger partial charge is 0.350 e. The van der Waals surface area contributed by atoms with Crippen LogP contribution in [0, 0.1) is 5.92 Å². The van der Waals surface area contributed by atoms with E-state index in [2.05, 4.69) is 26.2 Å². The summed E-state index contributed by atoms with van der Waals surface area (Å²) in [6, 6.07) is 1.91. The molecule has 1 aliphatic rings. The van der Waals surface area contributed by atoms with Crippen LogP contribution in [0.15, 0.2) is 22.9 Å². The minimum absolute atomic E-state index is 0.00694. The van der Waals surface area contributed by atoms with E-state index < -0.39 is 0 Å². The predicted molar refractivity (Wildman–Crippen MR) is 73.5 cm³/mol. The Bertz CT molecular complexity index is 616. The lowest BCUT2D eigenvalue weighted by molar-refractivity contribution is 0.0944. The summed E-state index contributed by atoms with van der Waals surface area (Å²) < 4.78 is 2.80. The first kappa shape index (κ1) is 11.7. The quantitative estimate of drug-likeness (QED) is 0.947. The van der Waals surface area contributed by atoms with E-state index in [9.17, 15) is 4.79 Å². The van der Waals surface area contributed by atoms with Gasteiger partial charge in [-0.1, -0.05) is 0 Å². The summed E-state index contributed by atoms with van der Waals surface area (Å²) in [5.74, 6) is 0.685. The van der Waals surface area contributed by atoms with Gasteiger partial charge in [-0.15, -0.1) is 0 Å². The van der Waals surface area contributed by atoms with Gasteiger partial charge in [0.15, 0.2) is 0 Å². The van der Waals surface area contributed by atoms with Crippen molar-refractivity contribution in [3.8, 4) is 0 Å². The highest BCUT2D eigenvalue weighted by atomic mass is 79.9. The molecule has 1 amide bonds. The fourth-order valence-corrected chi connectivity index (χ4v) is 2.51. The zero-order valence-electron chi connectivity index (χ0n) is 10.1. The molecule has 0 bridgehead atoms. The monoisotopic (exact) mass is 307 g/mol. The summed E-state index contributed by atoms with van der Waals surface area (Å²) >= 11 is 3.46. The molecule has 94 valence electrons. The lowest BCUT2D eigenvalue weighted by Crippen LogP contribution is -2.27. The van der Waals surface area contributed by atoms with Gasteiger partial charge in [-0.25, -0.2) is 0 Å². The molecular formula is C13H14BrN3O. The van der Waals surface area contributed by atoms with Crippen LogP contribution in [0.1, 0.15) is 23.3 Å². The van der Waals surface area contributed by atoms with E-state index in [0.29, 0.717) is 11.6 Å². The first-order chi connectivity index (χ1) is 8.66. The van der Waals surface area contributed by atoms with Gasteiger partial charge in [0.2, 0.25) is 0 Å². The van der Waals surface area contributed by atoms with Crippen molar-refractivity contribution < 1.29 is 4.79 Å². The molecule has 5 heteroatoms. The summed E-state index contributed by atoms with van der Waals surface area (Å²) in [6.07, 6.45) is 6.00. The number of carbonyl (C=O) groups excluding carboxylic acids is 1. The highest BCUT2D eigenvalue weighted by Crippen LogP contribution is 2.28. The number of amides is 1. The molecule has 2 heterocycles. The molecule has 0 radical (unpaired) electrons. The van der Waals surface area contributed by atoms with E-state index in [0.717, 1.165) is 21.9 Å². The van der Waals surface area contributed by atoms with Crippen molar-refractivity contribution in [1.29, 1.82) is 0 Å². The van der Waals surface area contributed by atoms with Gasteiger partial charge in [0.1, 0.15) is 5.69 Å². The second-order valence-corrected chi connectivity index (χ2v) is 5.65. The van der Waals surface area contributed by atoms with Crippen molar-refractivity contribution in [2.75, 3.05) is 6.54 Å². The van der Waals surface area contributed by atoms with Gasteiger partial charge in [-0.3, -0.25) is 9.78 Å². The van der Waals surface area contributed by atoms with E-state index in [1.165, 1.54) is 12.8 Å². The van der Waals surface area contributed by atoms with Crippen molar-refractivity contribution in [1.82, 2.24) is 14.9 Å². The Morgan fingerprint density at radius 3 is 3.00 bits per heavy atom. The maximum atomic E-state index is 12.1. The molecule has 0 spiro atoms. The molecule has 0 unspecified atom stereocenters. The molecule has 2 aromatic heterocycles. The van der Waals surface area contributed by atoms with E-state index in [4.69, 9.17) is 0 Å². The molecule has 1 saturated carbocycles. The zero-order valence-corrected chi connectivity index (χ0v) is 11.7. The molecule has 0 aliphatic heterocycles. The standard InChI is InChI=1S/C13H14BrN3O/c1-17-11(13(18)16-5-8-2-3-8)4-9-10(14)6-15-7-12(9)17/h4,6-8H,2-3,5H2,1H3,(H,16,18). The summed E-state index contributed by atoms with van der Waals surface area (Å²) in [7, 11) is 1.89. The van der Waals surface area contributed by atoms with Crippen molar-refractivity contribution >= 4 is 32.7 Å². The van der Waals surface area contributed by atoms with Gasteiger partial charge < -0.3 is 9.88 Å². The normalized spacial score (nSPS) is 15.0. The molecule has 3 rings (SSSR count). The number of hydrogen-bond donors (Lipinski definition) is 1. The van der Waals surface area contributed by atoms with Crippen LogP contribution in [0.2, 0.25) is 0 Å². The number of fused-ring (bicyclic) bond motifs is 1. The van der Waals surface area contributed by atoms with Crippen LogP contribution in [-0.4, -0.2) is 22.0 Å². The Kier molecular flexibility index (Phi) is 2.86. The average molecular weight is 308 g/mol. The van der Waals surface area contributed by atoms with Gasteiger partial charge >= 0.3 is 0 Å². The van der Waals surface area contributed by atoms with Crippen LogP contribution in [0.25, 0.3) is 10.9 Å². The topological polar surface area (TPSA) is 46.9 Å². The first-order valence-electron chi connectivity index (χ1n) is 6.04. The Balaban J connectivity index is 1.93. The average Bonchev–Trinajstić information content (AvgIpc) is 3.12. The highest BCUT2D eigenvalue weighted by Gasteiger charge is 2.23. The minimum atomic E-state index is -0.00694. The van der Waals surface area contributed by atoms with Gasteiger partial charge in [0.05, 0.1) is 11.7 Å². The van der Waals surface area contributed by atoms with E-state index in [-0.39, 0.29) is 5.91 Å². The first-order valence-corrected chi connectivity index (χ1v) is 6.83. The molecule has 1 fully saturated rings. The fraction of sp³-hybridized carbons (Fsp3) is 0.385. The number of pyridine rings is 1.